The van der Waals surface area contributed by atoms with Gasteiger partial charge in [-0.05, 0) is 43.6 Å². The van der Waals surface area contributed by atoms with Gasteiger partial charge >= 0.3 is 0 Å². The molecule has 1 aromatic heterocycles. The molecule has 0 aromatic carbocycles. The third-order valence-electron chi connectivity index (χ3n) is 5.75. The number of amides is 1. The fraction of sp³-hybridized carbons (Fsp3) is 0.737. The first-order valence-electron chi connectivity index (χ1n) is 9.58. The Morgan fingerprint density at radius 2 is 2.04 bits per heavy atom. The minimum absolute atomic E-state index is 0.00123. The molecular weight excluding hydrogens is 316 g/mol. The summed E-state index contributed by atoms with van der Waals surface area (Å²) in [6.07, 6.45) is 9.70. The molecule has 0 spiro atoms. The lowest BCUT2D eigenvalue weighted by atomic mass is 9.84. The van der Waals surface area contributed by atoms with E-state index in [4.69, 9.17) is 0 Å². The van der Waals surface area contributed by atoms with Crippen LogP contribution in [0.3, 0.4) is 0 Å². The van der Waals surface area contributed by atoms with Gasteiger partial charge in [-0.2, -0.15) is 0 Å². The Balaban J connectivity index is 1.81. The Morgan fingerprint density at radius 1 is 1.32 bits per heavy atom. The lowest BCUT2D eigenvalue weighted by Crippen LogP contribution is -2.51. The number of aliphatic hydroxyl groups is 1. The Labute approximate surface area is 150 Å². The van der Waals surface area contributed by atoms with E-state index in [9.17, 15) is 9.90 Å². The van der Waals surface area contributed by atoms with E-state index in [1.54, 1.807) is 12.4 Å². The van der Waals surface area contributed by atoms with Gasteiger partial charge in [0.2, 0.25) is 11.9 Å². The van der Waals surface area contributed by atoms with Crippen molar-refractivity contribution in [2.24, 2.45) is 11.8 Å². The Hall–Kier alpha value is -1.69. The molecule has 6 nitrogen and oxygen atoms in total. The molecule has 1 amide bonds. The number of aliphatic hydroxyl groups excluding tert-OH is 1. The van der Waals surface area contributed by atoms with E-state index in [-0.39, 0.29) is 24.6 Å². The van der Waals surface area contributed by atoms with Gasteiger partial charge in [-0.25, -0.2) is 9.97 Å². The predicted octanol–water partition coefficient (Wildman–Crippen LogP) is 2.14. The second-order valence-corrected chi connectivity index (χ2v) is 7.69. The van der Waals surface area contributed by atoms with Crippen LogP contribution in [0.15, 0.2) is 18.5 Å². The predicted molar refractivity (Wildman–Crippen MR) is 97.1 cm³/mol. The standard InChI is InChI=1S/C19H30N4O2/c1-13(2)15(8-11-24)22-18(25)17-12-14-6-3-4-7-16(14)23(17)19-20-9-5-10-21-19/h5,9-10,13-17,24H,3-4,6-8,11-12H2,1-2H3,(H,22,25)/t14-,15+,16+,17+/m1/s1. The smallest absolute Gasteiger partial charge is 0.243 e. The number of carbonyl (C=O) groups is 1. The van der Waals surface area contributed by atoms with Crippen molar-refractivity contribution >= 4 is 11.9 Å². The van der Waals surface area contributed by atoms with Crippen molar-refractivity contribution in [2.45, 2.75) is 70.5 Å². The van der Waals surface area contributed by atoms with Gasteiger partial charge in [-0.3, -0.25) is 4.79 Å². The molecule has 1 aliphatic carbocycles. The number of rotatable bonds is 6. The monoisotopic (exact) mass is 346 g/mol. The highest BCUT2D eigenvalue weighted by atomic mass is 16.3. The van der Waals surface area contributed by atoms with Crippen LogP contribution in [0, 0.1) is 11.8 Å². The maximum atomic E-state index is 13.1. The summed E-state index contributed by atoms with van der Waals surface area (Å²) in [5.74, 6) is 1.55. The number of nitrogens with zero attached hydrogens (tertiary/aromatic N) is 3. The first-order valence-corrected chi connectivity index (χ1v) is 9.58. The molecule has 0 radical (unpaired) electrons. The summed E-state index contributed by atoms with van der Waals surface area (Å²) in [6, 6.07) is 1.96. The van der Waals surface area contributed by atoms with Crippen molar-refractivity contribution in [3.8, 4) is 0 Å². The number of aromatic nitrogens is 2. The van der Waals surface area contributed by atoms with E-state index in [1.807, 2.05) is 6.07 Å². The van der Waals surface area contributed by atoms with Crippen molar-refractivity contribution in [1.82, 2.24) is 15.3 Å². The summed E-state index contributed by atoms with van der Waals surface area (Å²) in [5, 5.41) is 12.5. The molecule has 138 valence electrons. The molecule has 2 heterocycles. The molecule has 1 saturated heterocycles. The van der Waals surface area contributed by atoms with Crippen molar-refractivity contribution in [3.05, 3.63) is 18.5 Å². The van der Waals surface area contributed by atoms with Crippen LogP contribution < -0.4 is 10.2 Å². The van der Waals surface area contributed by atoms with Gasteiger partial charge < -0.3 is 15.3 Å². The second kappa shape index (κ2) is 8.13. The van der Waals surface area contributed by atoms with Crippen LogP contribution in [0.2, 0.25) is 0 Å². The Morgan fingerprint density at radius 3 is 2.72 bits per heavy atom. The van der Waals surface area contributed by atoms with Crippen LogP contribution >= 0.6 is 0 Å². The van der Waals surface area contributed by atoms with Gasteiger partial charge in [-0.1, -0.05) is 26.7 Å². The highest BCUT2D eigenvalue weighted by Gasteiger charge is 2.46. The first-order chi connectivity index (χ1) is 12.1. The van der Waals surface area contributed by atoms with E-state index in [0.29, 0.717) is 30.2 Å². The number of hydrogen-bond acceptors (Lipinski definition) is 5. The maximum Gasteiger partial charge on any atom is 0.243 e. The molecule has 1 aliphatic heterocycles. The summed E-state index contributed by atoms with van der Waals surface area (Å²) in [5.41, 5.74) is 0. The van der Waals surface area contributed by atoms with E-state index in [0.717, 1.165) is 12.8 Å². The normalized spacial score (nSPS) is 27.2. The minimum Gasteiger partial charge on any atom is -0.396 e. The lowest BCUT2D eigenvalue weighted by molar-refractivity contribution is -0.123. The number of fused-ring (bicyclic) bond motifs is 1. The average Bonchev–Trinajstić information content (AvgIpc) is 3.01. The number of hydrogen-bond donors (Lipinski definition) is 2. The minimum atomic E-state index is -0.213. The largest absolute Gasteiger partial charge is 0.396 e. The SMILES string of the molecule is CC(C)[C@H](CCO)NC(=O)[C@@H]1C[C@H]2CCCC[C@@H]2N1c1ncccn1. The average molecular weight is 346 g/mol. The van der Waals surface area contributed by atoms with Crippen molar-refractivity contribution < 1.29 is 9.90 Å². The molecule has 6 heteroatoms. The van der Waals surface area contributed by atoms with E-state index >= 15 is 0 Å². The Kier molecular flexibility index (Phi) is 5.89. The number of carbonyl (C=O) groups excluding carboxylic acids is 1. The van der Waals surface area contributed by atoms with Gasteiger partial charge in [0.15, 0.2) is 0 Å². The molecule has 1 saturated carbocycles. The summed E-state index contributed by atoms with van der Waals surface area (Å²) >= 11 is 0. The van der Waals surface area contributed by atoms with Gasteiger partial charge in [0.05, 0.1) is 0 Å². The van der Waals surface area contributed by atoms with Crippen molar-refractivity contribution in [3.63, 3.8) is 0 Å². The van der Waals surface area contributed by atoms with Crippen LogP contribution in [0.25, 0.3) is 0 Å². The maximum absolute atomic E-state index is 13.1. The third-order valence-corrected chi connectivity index (χ3v) is 5.75. The lowest BCUT2D eigenvalue weighted by Gasteiger charge is -2.34. The zero-order chi connectivity index (χ0) is 17.8. The molecule has 25 heavy (non-hydrogen) atoms. The molecule has 1 aromatic rings. The van der Waals surface area contributed by atoms with Crippen molar-refractivity contribution in [1.29, 1.82) is 0 Å². The summed E-state index contributed by atoms with van der Waals surface area (Å²) in [7, 11) is 0. The first kappa shape index (κ1) is 18.1. The van der Waals surface area contributed by atoms with E-state index < -0.39 is 0 Å². The van der Waals surface area contributed by atoms with Crippen molar-refractivity contribution in [2.75, 3.05) is 11.5 Å². The van der Waals surface area contributed by atoms with Crippen LogP contribution in [-0.4, -0.2) is 45.7 Å². The second-order valence-electron chi connectivity index (χ2n) is 7.69. The van der Waals surface area contributed by atoms with Crippen LogP contribution in [0.4, 0.5) is 5.95 Å². The summed E-state index contributed by atoms with van der Waals surface area (Å²) < 4.78 is 0. The summed E-state index contributed by atoms with van der Waals surface area (Å²) in [6.45, 7) is 4.24. The van der Waals surface area contributed by atoms with E-state index in [1.165, 1.54) is 19.3 Å². The zero-order valence-corrected chi connectivity index (χ0v) is 15.3. The Bertz CT molecular complexity index is 566. The van der Waals surface area contributed by atoms with Crippen LogP contribution in [0.1, 0.15) is 52.4 Å². The molecule has 2 aliphatic rings. The zero-order valence-electron chi connectivity index (χ0n) is 15.3. The highest BCUT2D eigenvalue weighted by molar-refractivity contribution is 5.86. The number of nitrogens with one attached hydrogen (secondary N) is 1. The molecule has 4 atom stereocenters. The van der Waals surface area contributed by atoms with Gasteiger partial charge in [0, 0.05) is 31.1 Å². The fourth-order valence-electron chi connectivity index (χ4n) is 4.40. The van der Waals surface area contributed by atoms with E-state index in [2.05, 4.69) is 34.0 Å². The van der Waals surface area contributed by atoms with Crippen LogP contribution in [-0.2, 0) is 4.79 Å². The van der Waals surface area contributed by atoms with Crippen LogP contribution in [0.5, 0.6) is 0 Å². The molecule has 3 rings (SSSR count). The molecule has 2 N–H and O–H groups in total. The molecule has 0 bridgehead atoms. The van der Waals surface area contributed by atoms with Gasteiger partial charge in [0.1, 0.15) is 6.04 Å². The third kappa shape index (κ3) is 3.94. The molecule has 2 fully saturated rings. The topological polar surface area (TPSA) is 78.4 Å². The van der Waals surface area contributed by atoms with Gasteiger partial charge in [-0.15, -0.1) is 0 Å². The number of anilines is 1. The quantitative estimate of drug-likeness (QED) is 0.825. The molecule has 0 unspecified atom stereocenters. The highest BCUT2D eigenvalue weighted by Crippen LogP contribution is 2.41. The fourth-order valence-corrected chi connectivity index (χ4v) is 4.40. The molecular formula is C19H30N4O2. The summed E-state index contributed by atoms with van der Waals surface area (Å²) in [4.78, 5) is 24.1. The van der Waals surface area contributed by atoms with Gasteiger partial charge in [0.25, 0.3) is 0 Å².